The first-order valence-corrected chi connectivity index (χ1v) is 14.0. The number of alkyl halides is 3. The molecule has 12 heteroatoms. The number of amides is 1. The second-order valence-electron chi connectivity index (χ2n) is 11.2. The van der Waals surface area contributed by atoms with Gasteiger partial charge in [-0.1, -0.05) is 6.58 Å². The van der Waals surface area contributed by atoms with E-state index in [0.29, 0.717) is 49.9 Å². The third-order valence-corrected chi connectivity index (χ3v) is 8.52. The van der Waals surface area contributed by atoms with Crippen LogP contribution in [0.5, 0.6) is 0 Å². The number of pyridine rings is 1. The van der Waals surface area contributed by atoms with Crippen molar-refractivity contribution in [3.63, 3.8) is 0 Å². The summed E-state index contributed by atoms with van der Waals surface area (Å²) < 4.78 is 69.5. The predicted molar refractivity (Wildman–Crippen MR) is 155 cm³/mol. The highest BCUT2D eigenvalue weighted by Crippen LogP contribution is 2.43. The number of nitrogens with zero attached hydrogens (tertiary/aromatic N) is 5. The van der Waals surface area contributed by atoms with Gasteiger partial charge in [0.25, 0.3) is 5.91 Å². The average molecular weight is 609 g/mol. The second kappa shape index (κ2) is 10.8. The Kier molecular flexibility index (Phi) is 7.17. The lowest BCUT2D eigenvalue weighted by molar-refractivity contribution is -0.140. The molecule has 0 saturated carbocycles. The molecule has 4 aromatic rings. The zero-order chi connectivity index (χ0) is 31.4. The molecule has 7 nitrogen and oxygen atoms in total. The van der Waals surface area contributed by atoms with Crippen LogP contribution in [0.2, 0.25) is 0 Å². The zero-order valence-electron chi connectivity index (χ0n) is 24.1. The van der Waals surface area contributed by atoms with E-state index in [1.165, 1.54) is 29.1 Å². The normalized spacial score (nSPS) is 16.5. The summed E-state index contributed by atoms with van der Waals surface area (Å²) in [6.45, 7) is 9.27. The average Bonchev–Trinajstić information content (AvgIpc) is 3.55. The summed E-state index contributed by atoms with van der Waals surface area (Å²) in [7, 11) is 0. The van der Waals surface area contributed by atoms with Crippen LogP contribution in [0, 0.1) is 25.5 Å². The molecule has 2 aromatic heterocycles. The summed E-state index contributed by atoms with van der Waals surface area (Å²) in [4.78, 5) is 21.8. The number of carbonyl (C=O) groups is 1. The van der Waals surface area contributed by atoms with Crippen molar-refractivity contribution in [1.82, 2.24) is 25.0 Å². The maximum absolute atomic E-state index is 14.5. The zero-order valence-corrected chi connectivity index (χ0v) is 24.1. The molecule has 0 radical (unpaired) electrons. The molecule has 0 bridgehead atoms. The number of carbonyl (C=O) groups excluding carboxylic acids is 1. The molecule has 1 spiro atoms. The molecular weight excluding hydrogens is 579 g/mol. The third kappa shape index (κ3) is 4.97. The number of piperidine rings is 1. The number of hydrogen-bond acceptors (Lipinski definition) is 5. The van der Waals surface area contributed by atoms with E-state index in [4.69, 9.17) is 0 Å². The minimum absolute atomic E-state index is 0.0278. The number of benzene rings is 2. The number of anilines is 1. The molecule has 2 saturated heterocycles. The summed E-state index contributed by atoms with van der Waals surface area (Å²) in [5.74, 6) is -2.11. The molecule has 2 aliphatic heterocycles. The lowest BCUT2D eigenvalue weighted by Gasteiger charge is -2.46. The lowest BCUT2D eigenvalue weighted by atomic mass is 9.83. The Morgan fingerprint density at radius 1 is 1.02 bits per heavy atom. The van der Waals surface area contributed by atoms with E-state index in [9.17, 15) is 26.7 Å². The van der Waals surface area contributed by atoms with Crippen molar-refractivity contribution in [2.45, 2.75) is 38.4 Å². The van der Waals surface area contributed by atoms with E-state index in [-0.39, 0.29) is 23.1 Å². The Morgan fingerprint density at radius 3 is 2.34 bits per heavy atom. The van der Waals surface area contributed by atoms with Gasteiger partial charge in [0.15, 0.2) is 5.69 Å². The highest BCUT2D eigenvalue weighted by molar-refractivity contribution is 5.94. The van der Waals surface area contributed by atoms with Gasteiger partial charge in [-0.15, -0.1) is 0 Å². The second-order valence-corrected chi connectivity index (χ2v) is 11.2. The Balaban J connectivity index is 1.30. The van der Waals surface area contributed by atoms with Gasteiger partial charge < -0.3 is 15.1 Å². The van der Waals surface area contributed by atoms with Crippen LogP contribution in [-0.4, -0.2) is 50.9 Å². The fourth-order valence-electron chi connectivity index (χ4n) is 6.36. The van der Waals surface area contributed by atoms with Crippen LogP contribution in [0.1, 0.15) is 40.0 Å². The van der Waals surface area contributed by atoms with E-state index in [1.54, 1.807) is 23.2 Å². The summed E-state index contributed by atoms with van der Waals surface area (Å²) in [5.41, 5.74) is 2.52. The number of halogens is 5. The molecule has 1 N–H and O–H groups in total. The molecule has 1 amide bonds. The SMILES string of the molecule is C=C1NCN(c2c(C)cc(F)cc2C)C12CCN(C(=O)c1cc(-c3cccnc3)n(-c3ccc(C(F)(F)F)c(F)c3)n1)CC2. The number of likely N-dealkylation sites (tertiary alicyclic amines) is 1. The minimum atomic E-state index is -4.85. The molecule has 0 atom stereocenters. The monoisotopic (exact) mass is 608 g/mol. The van der Waals surface area contributed by atoms with Crippen molar-refractivity contribution < 1.29 is 26.7 Å². The fourth-order valence-corrected chi connectivity index (χ4v) is 6.36. The van der Waals surface area contributed by atoms with E-state index < -0.39 is 23.1 Å². The Morgan fingerprint density at radius 2 is 1.73 bits per heavy atom. The van der Waals surface area contributed by atoms with Crippen LogP contribution in [0.4, 0.5) is 27.6 Å². The van der Waals surface area contributed by atoms with E-state index in [1.807, 2.05) is 13.8 Å². The maximum Gasteiger partial charge on any atom is 0.419 e. The van der Waals surface area contributed by atoms with Crippen molar-refractivity contribution in [2.24, 2.45) is 0 Å². The van der Waals surface area contributed by atoms with Crippen LogP contribution >= 0.6 is 0 Å². The molecule has 2 fully saturated rings. The van der Waals surface area contributed by atoms with Crippen LogP contribution in [-0.2, 0) is 6.18 Å². The highest BCUT2D eigenvalue weighted by Gasteiger charge is 2.48. The highest BCUT2D eigenvalue weighted by atomic mass is 19.4. The quantitative estimate of drug-likeness (QED) is 0.272. The van der Waals surface area contributed by atoms with Crippen molar-refractivity contribution in [2.75, 3.05) is 24.7 Å². The summed E-state index contributed by atoms with van der Waals surface area (Å²) >= 11 is 0. The molecule has 2 aromatic carbocycles. The van der Waals surface area contributed by atoms with Gasteiger partial charge in [0, 0.05) is 48.5 Å². The van der Waals surface area contributed by atoms with Crippen molar-refractivity contribution in [1.29, 1.82) is 0 Å². The van der Waals surface area contributed by atoms with Gasteiger partial charge in [-0.05, 0) is 80.3 Å². The molecule has 0 aliphatic carbocycles. The maximum atomic E-state index is 14.5. The first-order chi connectivity index (χ1) is 20.9. The topological polar surface area (TPSA) is 66.3 Å². The summed E-state index contributed by atoms with van der Waals surface area (Å²) in [6, 6.07) is 10.5. The Hall–Kier alpha value is -4.74. The number of aromatic nitrogens is 3. The predicted octanol–water partition coefficient (Wildman–Crippen LogP) is 6.40. The molecule has 2 aliphatic rings. The summed E-state index contributed by atoms with van der Waals surface area (Å²) in [6.07, 6.45) is -0.654. The molecular formula is C32H29F5N6O. The molecule has 6 rings (SSSR count). The number of aryl methyl sites for hydroxylation is 2. The fraction of sp³-hybridized carbons (Fsp3) is 0.281. The van der Waals surface area contributed by atoms with Crippen molar-refractivity contribution in [3.05, 3.63) is 107 Å². The Bertz CT molecular complexity index is 1740. The van der Waals surface area contributed by atoms with Crippen LogP contribution < -0.4 is 10.2 Å². The minimum Gasteiger partial charge on any atom is -0.370 e. The standard InChI is InChI=1S/C32H29F5N6O/c1-19-13-23(33)14-20(2)29(19)42-18-39-21(3)31(42)8-11-41(12-9-31)30(44)27-16-28(22-5-4-10-38-17-22)43(40-27)24-6-7-25(26(34)15-24)32(35,36)37/h4-7,10,13-17,39H,3,8-9,11-12,18H2,1-2H3. The van der Waals surface area contributed by atoms with Gasteiger partial charge in [-0.2, -0.15) is 18.3 Å². The van der Waals surface area contributed by atoms with Crippen molar-refractivity contribution >= 4 is 11.6 Å². The first kappa shape index (κ1) is 29.3. The van der Waals surface area contributed by atoms with Gasteiger partial charge >= 0.3 is 6.18 Å². The van der Waals surface area contributed by atoms with Crippen LogP contribution in [0.15, 0.2) is 73.2 Å². The number of nitrogens with one attached hydrogen (secondary N) is 1. The molecule has 4 heterocycles. The van der Waals surface area contributed by atoms with Gasteiger partial charge in [0.05, 0.1) is 29.2 Å². The van der Waals surface area contributed by atoms with Crippen LogP contribution in [0.25, 0.3) is 16.9 Å². The Labute approximate surface area is 250 Å². The number of hydrogen-bond donors (Lipinski definition) is 1. The smallest absolute Gasteiger partial charge is 0.370 e. The summed E-state index contributed by atoms with van der Waals surface area (Å²) in [5, 5.41) is 7.79. The molecule has 0 unspecified atom stereocenters. The van der Waals surface area contributed by atoms with E-state index in [2.05, 4.69) is 26.9 Å². The largest absolute Gasteiger partial charge is 0.419 e. The van der Waals surface area contributed by atoms with E-state index >= 15 is 0 Å². The van der Waals surface area contributed by atoms with Gasteiger partial charge in [0.2, 0.25) is 0 Å². The first-order valence-electron chi connectivity index (χ1n) is 14.0. The van der Waals surface area contributed by atoms with E-state index in [0.717, 1.165) is 34.6 Å². The lowest BCUT2D eigenvalue weighted by Crippen LogP contribution is -2.54. The van der Waals surface area contributed by atoms with Gasteiger partial charge in [-0.25, -0.2) is 13.5 Å². The van der Waals surface area contributed by atoms with Gasteiger partial charge in [0.1, 0.15) is 11.6 Å². The molecule has 228 valence electrons. The van der Waals surface area contributed by atoms with Gasteiger partial charge in [-0.3, -0.25) is 9.78 Å². The van der Waals surface area contributed by atoms with Crippen molar-refractivity contribution in [3.8, 4) is 16.9 Å². The number of rotatable bonds is 4. The van der Waals surface area contributed by atoms with Crippen LogP contribution in [0.3, 0.4) is 0 Å². The third-order valence-electron chi connectivity index (χ3n) is 8.52. The molecule has 44 heavy (non-hydrogen) atoms.